The Bertz CT molecular complexity index is 1150. The molecule has 0 spiro atoms. The highest BCUT2D eigenvalue weighted by molar-refractivity contribution is 6.14. The smallest absolute Gasteiger partial charge is 0.337 e. The average molecular weight is 491 g/mol. The monoisotopic (exact) mass is 490 g/mol. The van der Waals surface area contributed by atoms with Gasteiger partial charge in [0.05, 0.1) is 37.5 Å². The SMILES string of the molecule is COC(=O)c1ccc([C@@H]2C(C(=O)/C=C/c3ccccc3)=C(O)C(=O)N2CCCN2CCOCC2)cc1. The minimum atomic E-state index is -0.762. The molecule has 2 aromatic carbocycles. The van der Waals surface area contributed by atoms with Gasteiger partial charge in [-0.2, -0.15) is 0 Å². The number of morpholine rings is 1. The van der Waals surface area contributed by atoms with Gasteiger partial charge in [-0.15, -0.1) is 0 Å². The molecule has 4 rings (SSSR count). The summed E-state index contributed by atoms with van der Waals surface area (Å²) in [5.41, 5.74) is 1.85. The van der Waals surface area contributed by atoms with Crippen LogP contribution in [0.25, 0.3) is 6.08 Å². The quantitative estimate of drug-likeness (QED) is 0.426. The van der Waals surface area contributed by atoms with Crippen LogP contribution in [0.4, 0.5) is 0 Å². The number of ketones is 1. The third-order valence-corrected chi connectivity index (χ3v) is 6.42. The second-order valence-electron chi connectivity index (χ2n) is 8.69. The van der Waals surface area contributed by atoms with E-state index in [2.05, 4.69) is 4.90 Å². The molecule has 1 fully saturated rings. The van der Waals surface area contributed by atoms with Crippen molar-refractivity contribution in [2.45, 2.75) is 12.5 Å². The van der Waals surface area contributed by atoms with Gasteiger partial charge in [0.2, 0.25) is 0 Å². The van der Waals surface area contributed by atoms with Crippen molar-refractivity contribution in [2.75, 3.05) is 46.5 Å². The van der Waals surface area contributed by atoms with Crippen molar-refractivity contribution in [2.24, 2.45) is 0 Å². The Morgan fingerprint density at radius 3 is 2.42 bits per heavy atom. The zero-order chi connectivity index (χ0) is 25.5. The van der Waals surface area contributed by atoms with Gasteiger partial charge in [0, 0.05) is 26.2 Å². The zero-order valence-corrected chi connectivity index (χ0v) is 20.3. The molecule has 8 nitrogen and oxygen atoms in total. The van der Waals surface area contributed by atoms with Crippen LogP contribution in [0.15, 0.2) is 72.0 Å². The first-order valence-corrected chi connectivity index (χ1v) is 12.0. The summed E-state index contributed by atoms with van der Waals surface area (Å²) in [7, 11) is 1.30. The van der Waals surface area contributed by atoms with Crippen LogP contribution in [0.5, 0.6) is 0 Å². The van der Waals surface area contributed by atoms with Crippen LogP contribution in [0.3, 0.4) is 0 Å². The molecule has 0 aliphatic carbocycles. The molecule has 1 amide bonds. The number of esters is 1. The maximum absolute atomic E-state index is 13.3. The van der Waals surface area contributed by atoms with Crippen LogP contribution in [0.2, 0.25) is 0 Å². The number of carbonyl (C=O) groups excluding carboxylic acids is 3. The van der Waals surface area contributed by atoms with Crippen molar-refractivity contribution in [3.05, 3.63) is 88.7 Å². The molecule has 0 saturated carbocycles. The summed E-state index contributed by atoms with van der Waals surface area (Å²) >= 11 is 0. The fraction of sp³-hybridized carbons (Fsp3) is 0.321. The number of amides is 1. The van der Waals surface area contributed by atoms with Crippen molar-refractivity contribution in [3.8, 4) is 0 Å². The molecule has 36 heavy (non-hydrogen) atoms. The molecule has 2 aliphatic heterocycles. The molecule has 188 valence electrons. The first-order chi connectivity index (χ1) is 17.5. The van der Waals surface area contributed by atoms with Crippen molar-refractivity contribution in [3.63, 3.8) is 0 Å². The normalized spacial score (nSPS) is 18.8. The number of rotatable bonds is 9. The Balaban J connectivity index is 1.59. The number of allylic oxidation sites excluding steroid dienone is 1. The van der Waals surface area contributed by atoms with Crippen molar-refractivity contribution >= 4 is 23.7 Å². The molecule has 2 aliphatic rings. The lowest BCUT2D eigenvalue weighted by Crippen LogP contribution is -2.39. The second-order valence-corrected chi connectivity index (χ2v) is 8.69. The molecule has 2 aromatic rings. The fourth-order valence-corrected chi connectivity index (χ4v) is 4.52. The van der Waals surface area contributed by atoms with Crippen LogP contribution in [0.1, 0.15) is 33.9 Å². The van der Waals surface area contributed by atoms with Gasteiger partial charge in [-0.3, -0.25) is 14.5 Å². The van der Waals surface area contributed by atoms with Crippen LogP contribution >= 0.6 is 0 Å². The van der Waals surface area contributed by atoms with E-state index in [1.54, 1.807) is 30.3 Å². The van der Waals surface area contributed by atoms with Gasteiger partial charge in [0.1, 0.15) is 0 Å². The predicted octanol–water partition coefficient (Wildman–Crippen LogP) is 3.17. The van der Waals surface area contributed by atoms with E-state index >= 15 is 0 Å². The van der Waals surface area contributed by atoms with E-state index in [9.17, 15) is 19.5 Å². The molecule has 0 unspecified atom stereocenters. The van der Waals surface area contributed by atoms with Crippen LogP contribution < -0.4 is 0 Å². The fourth-order valence-electron chi connectivity index (χ4n) is 4.52. The molecule has 1 atom stereocenters. The van der Waals surface area contributed by atoms with Crippen molar-refractivity contribution in [1.82, 2.24) is 9.80 Å². The van der Waals surface area contributed by atoms with Gasteiger partial charge in [0.15, 0.2) is 11.5 Å². The maximum Gasteiger partial charge on any atom is 0.337 e. The Hall–Kier alpha value is -3.75. The Morgan fingerprint density at radius 1 is 1.06 bits per heavy atom. The van der Waals surface area contributed by atoms with Gasteiger partial charge in [-0.05, 0) is 35.8 Å². The minimum Gasteiger partial charge on any atom is -0.503 e. The first kappa shape index (κ1) is 25.3. The summed E-state index contributed by atoms with van der Waals surface area (Å²) in [6, 6.07) is 15.1. The van der Waals surface area contributed by atoms with E-state index in [0.717, 1.165) is 25.2 Å². The van der Waals surface area contributed by atoms with Crippen molar-refractivity contribution < 1.29 is 29.0 Å². The molecule has 2 heterocycles. The number of ether oxygens (including phenoxy) is 2. The standard InChI is InChI=1S/C28H30N2O6/c1-35-28(34)22-11-9-21(10-12-22)25-24(23(31)13-8-20-6-3-2-4-7-20)26(32)27(33)30(25)15-5-14-29-16-18-36-19-17-29/h2-4,6-13,25,32H,5,14-19H2,1H3/b13-8+/t25-/m1/s1. The average Bonchev–Trinajstić information content (AvgIpc) is 3.17. The number of hydrogen-bond acceptors (Lipinski definition) is 7. The minimum absolute atomic E-state index is 0.0318. The third-order valence-electron chi connectivity index (χ3n) is 6.42. The number of hydrogen-bond donors (Lipinski definition) is 1. The lowest BCUT2D eigenvalue weighted by molar-refractivity contribution is -0.129. The zero-order valence-electron chi connectivity index (χ0n) is 20.3. The van der Waals surface area contributed by atoms with Gasteiger partial charge >= 0.3 is 5.97 Å². The molecule has 1 N–H and O–H groups in total. The van der Waals surface area contributed by atoms with Crippen LogP contribution in [0, 0.1) is 0 Å². The maximum atomic E-state index is 13.3. The van der Waals surface area contributed by atoms with Crippen molar-refractivity contribution in [1.29, 1.82) is 0 Å². The number of benzene rings is 2. The van der Waals surface area contributed by atoms with Gasteiger partial charge in [0.25, 0.3) is 5.91 Å². The topological polar surface area (TPSA) is 96.4 Å². The van der Waals surface area contributed by atoms with Gasteiger partial charge < -0.3 is 19.5 Å². The second kappa shape index (κ2) is 11.8. The highest BCUT2D eigenvalue weighted by Gasteiger charge is 2.42. The van der Waals surface area contributed by atoms with Gasteiger partial charge in [-0.1, -0.05) is 48.5 Å². The molecule has 0 radical (unpaired) electrons. The summed E-state index contributed by atoms with van der Waals surface area (Å²) in [5, 5.41) is 10.8. The lowest BCUT2D eigenvalue weighted by Gasteiger charge is -2.30. The van der Waals surface area contributed by atoms with Gasteiger partial charge in [-0.25, -0.2) is 4.79 Å². The van der Waals surface area contributed by atoms with E-state index < -0.39 is 29.5 Å². The highest BCUT2D eigenvalue weighted by atomic mass is 16.5. The molecule has 0 bridgehead atoms. The Morgan fingerprint density at radius 2 is 1.75 bits per heavy atom. The third kappa shape index (κ3) is 5.72. The Kier molecular flexibility index (Phi) is 8.30. The molecule has 0 aromatic heterocycles. The number of aliphatic hydroxyl groups excluding tert-OH is 1. The summed E-state index contributed by atoms with van der Waals surface area (Å²) in [6.07, 6.45) is 3.71. The molecular weight excluding hydrogens is 460 g/mol. The lowest BCUT2D eigenvalue weighted by atomic mass is 9.94. The molecule has 8 heteroatoms. The number of nitrogens with zero attached hydrogens (tertiary/aromatic N) is 2. The van der Waals surface area contributed by atoms with E-state index in [-0.39, 0.29) is 5.57 Å². The molecule has 1 saturated heterocycles. The number of aliphatic hydroxyl groups is 1. The molecular formula is C28H30N2O6. The van der Waals surface area contributed by atoms with Crippen LogP contribution in [-0.4, -0.2) is 79.1 Å². The summed E-state index contributed by atoms with van der Waals surface area (Å²) in [5.74, 6) is -2.03. The summed E-state index contributed by atoms with van der Waals surface area (Å²) in [4.78, 5) is 42.1. The summed E-state index contributed by atoms with van der Waals surface area (Å²) in [6.45, 7) is 4.19. The number of methoxy groups -OCH3 is 1. The number of carbonyl (C=O) groups is 3. The van der Waals surface area contributed by atoms with E-state index in [1.807, 2.05) is 30.3 Å². The van der Waals surface area contributed by atoms with E-state index in [0.29, 0.717) is 37.3 Å². The largest absolute Gasteiger partial charge is 0.503 e. The van der Waals surface area contributed by atoms with Crippen LogP contribution in [-0.2, 0) is 19.1 Å². The summed E-state index contributed by atoms with van der Waals surface area (Å²) < 4.78 is 10.2. The highest BCUT2D eigenvalue weighted by Crippen LogP contribution is 2.38. The van der Waals surface area contributed by atoms with E-state index in [4.69, 9.17) is 9.47 Å². The first-order valence-electron chi connectivity index (χ1n) is 12.0. The van der Waals surface area contributed by atoms with E-state index in [1.165, 1.54) is 18.1 Å². The predicted molar refractivity (Wildman–Crippen MR) is 134 cm³/mol. The Labute approximate surface area is 210 Å².